The van der Waals surface area contributed by atoms with Gasteiger partial charge >= 0.3 is 0 Å². The molecular weight excluding hydrogens is 360 g/mol. The smallest absolute Gasteiger partial charge is 0.225 e. The van der Waals surface area contributed by atoms with Crippen LogP contribution in [0.3, 0.4) is 0 Å². The number of likely N-dealkylation sites (tertiary alicyclic amines) is 1. The lowest BCUT2D eigenvalue weighted by Crippen LogP contribution is -2.65. The Morgan fingerprint density at radius 2 is 1.62 bits per heavy atom. The van der Waals surface area contributed by atoms with E-state index in [1.807, 2.05) is 14.1 Å². The summed E-state index contributed by atoms with van der Waals surface area (Å²) < 4.78 is 0. The lowest BCUT2D eigenvalue weighted by atomic mass is 9.51. The number of carbonyl (C=O) groups is 2. The monoisotopic (exact) mass is 396 g/mol. The predicted molar refractivity (Wildman–Crippen MR) is 116 cm³/mol. The highest BCUT2D eigenvalue weighted by molar-refractivity contribution is 5.81. The van der Waals surface area contributed by atoms with E-state index < -0.39 is 0 Å². The summed E-state index contributed by atoms with van der Waals surface area (Å²) in [6, 6.07) is 9.09. The zero-order valence-corrected chi connectivity index (χ0v) is 18.7. The fourth-order valence-corrected chi connectivity index (χ4v) is 6.32. The number of rotatable bonds is 2. The van der Waals surface area contributed by atoms with Gasteiger partial charge in [-0.3, -0.25) is 9.59 Å². The number of carbonyl (C=O) groups excluding carboxylic acids is 2. The highest BCUT2D eigenvalue weighted by Gasteiger charge is 2.57. The fourth-order valence-electron chi connectivity index (χ4n) is 6.32. The molecule has 1 aromatic carbocycles. The number of fused-ring (bicyclic) bond motifs is 4. The van der Waals surface area contributed by atoms with E-state index >= 15 is 0 Å². The second-order valence-corrected chi connectivity index (χ2v) is 10.5. The van der Waals surface area contributed by atoms with Crippen LogP contribution in [0.25, 0.3) is 0 Å². The molecule has 1 saturated heterocycles. The van der Waals surface area contributed by atoms with Crippen molar-refractivity contribution in [1.29, 1.82) is 0 Å². The molecule has 4 nitrogen and oxygen atoms in total. The first-order valence-corrected chi connectivity index (χ1v) is 11.3. The minimum absolute atomic E-state index is 0.0490. The summed E-state index contributed by atoms with van der Waals surface area (Å²) in [7, 11) is 3.65. The predicted octanol–water partition coefficient (Wildman–Crippen LogP) is 4.02. The third kappa shape index (κ3) is 3.10. The van der Waals surface area contributed by atoms with Gasteiger partial charge in [-0.2, -0.15) is 0 Å². The maximum atomic E-state index is 13.6. The molecule has 2 aliphatic carbocycles. The first-order chi connectivity index (χ1) is 13.7. The first-order valence-electron chi connectivity index (χ1n) is 11.3. The van der Waals surface area contributed by atoms with Gasteiger partial charge in [0.1, 0.15) is 0 Å². The second kappa shape index (κ2) is 7.14. The van der Waals surface area contributed by atoms with E-state index in [0.29, 0.717) is 5.91 Å². The van der Waals surface area contributed by atoms with Crippen molar-refractivity contribution in [2.24, 2.45) is 17.3 Å². The van der Waals surface area contributed by atoms with Crippen LogP contribution < -0.4 is 0 Å². The van der Waals surface area contributed by atoms with Crippen molar-refractivity contribution in [3.05, 3.63) is 35.4 Å². The standard InChI is InChI=1S/C25H36N2O2/c1-24(2)21-16-19-8-6-7-9-20(19)25(24,3)14-15-27(21)23(29)18-12-10-17(11-13-18)22(28)26(4)5/h6-9,17-18,21H,10-16H2,1-5H3/t17-,18+,21-,25+/m1/s1. The summed E-state index contributed by atoms with van der Waals surface area (Å²) in [5, 5.41) is 0. The van der Waals surface area contributed by atoms with E-state index in [0.717, 1.165) is 45.1 Å². The molecule has 0 N–H and O–H groups in total. The number of piperidine rings is 1. The van der Waals surface area contributed by atoms with E-state index in [9.17, 15) is 9.59 Å². The third-order valence-electron chi connectivity index (χ3n) is 8.66. The van der Waals surface area contributed by atoms with Crippen LogP contribution in [0.2, 0.25) is 0 Å². The number of amides is 2. The van der Waals surface area contributed by atoms with Gasteiger partial charge in [-0.1, -0.05) is 45.0 Å². The molecule has 158 valence electrons. The van der Waals surface area contributed by atoms with Crippen molar-refractivity contribution in [2.45, 2.75) is 70.8 Å². The van der Waals surface area contributed by atoms with Crippen molar-refractivity contribution in [2.75, 3.05) is 20.6 Å². The number of hydrogen-bond acceptors (Lipinski definition) is 2. The van der Waals surface area contributed by atoms with E-state index in [-0.39, 0.29) is 34.6 Å². The molecule has 2 fully saturated rings. The van der Waals surface area contributed by atoms with Crippen LogP contribution in [0, 0.1) is 17.3 Å². The van der Waals surface area contributed by atoms with E-state index in [2.05, 4.69) is 49.9 Å². The molecule has 1 heterocycles. The van der Waals surface area contributed by atoms with E-state index in [1.54, 1.807) is 4.90 Å². The molecule has 4 heteroatoms. The maximum absolute atomic E-state index is 13.6. The quantitative estimate of drug-likeness (QED) is 0.757. The molecule has 0 radical (unpaired) electrons. The van der Waals surface area contributed by atoms with Crippen LogP contribution in [0.4, 0.5) is 0 Å². The Morgan fingerprint density at radius 3 is 2.28 bits per heavy atom. The summed E-state index contributed by atoms with van der Waals surface area (Å²) in [5.41, 5.74) is 3.06. The van der Waals surface area contributed by atoms with Gasteiger partial charge in [-0.15, -0.1) is 0 Å². The minimum atomic E-state index is 0.0490. The van der Waals surface area contributed by atoms with Gasteiger partial charge in [0, 0.05) is 43.9 Å². The fraction of sp³-hybridized carbons (Fsp3) is 0.680. The molecule has 29 heavy (non-hydrogen) atoms. The van der Waals surface area contributed by atoms with Crippen molar-refractivity contribution >= 4 is 11.8 Å². The molecule has 2 atom stereocenters. The molecular formula is C25H36N2O2. The Hall–Kier alpha value is -1.84. The van der Waals surface area contributed by atoms with Crippen LogP contribution in [-0.4, -0.2) is 48.3 Å². The van der Waals surface area contributed by atoms with Crippen molar-refractivity contribution in [3.63, 3.8) is 0 Å². The third-order valence-corrected chi connectivity index (χ3v) is 8.66. The van der Waals surface area contributed by atoms with Crippen LogP contribution in [-0.2, 0) is 21.4 Å². The van der Waals surface area contributed by atoms with Gasteiger partial charge in [-0.25, -0.2) is 0 Å². The summed E-state index contributed by atoms with van der Waals surface area (Å²) in [6.45, 7) is 7.98. The second-order valence-electron chi connectivity index (χ2n) is 10.5. The molecule has 2 amide bonds. The number of benzene rings is 1. The maximum Gasteiger partial charge on any atom is 0.225 e. The summed E-state index contributed by atoms with van der Waals surface area (Å²) in [4.78, 5) is 29.8. The van der Waals surface area contributed by atoms with E-state index in [4.69, 9.17) is 0 Å². The number of hydrogen-bond donors (Lipinski definition) is 0. The first kappa shape index (κ1) is 20.4. The molecule has 1 saturated carbocycles. The molecule has 1 aliphatic heterocycles. The van der Waals surface area contributed by atoms with Gasteiger partial charge in [-0.05, 0) is 55.1 Å². The van der Waals surface area contributed by atoms with Crippen LogP contribution in [0.15, 0.2) is 24.3 Å². The zero-order valence-electron chi connectivity index (χ0n) is 18.7. The Balaban J connectivity index is 1.53. The number of nitrogens with zero attached hydrogens (tertiary/aromatic N) is 2. The van der Waals surface area contributed by atoms with Crippen LogP contribution >= 0.6 is 0 Å². The average Bonchev–Trinajstić information content (AvgIpc) is 2.70. The van der Waals surface area contributed by atoms with Crippen molar-refractivity contribution in [1.82, 2.24) is 9.80 Å². The highest BCUT2D eigenvalue weighted by atomic mass is 16.2. The van der Waals surface area contributed by atoms with Gasteiger partial charge in [0.2, 0.25) is 11.8 Å². The normalized spacial score (nSPS) is 33.0. The Kier molecular flexibility index (Phi) is 5.03. The van der Waals surface area contributed by atoms with Gasteiger partial charge in [0.25, 0.3) is 0 Å². The van der Waals surface area contributed by atoms with Crippen LogP contribution in [0.1, 0.15) is 64.0 Å². The summed E-state index contributed by atoms with van der Waals surface area (Å²) >= 11 is 0. The van der Waals surface area contributed by atoms with Gasteiger partial charge in [0.15, 0.2) is 0 Å². The lowest BCUT2D eigenvalue weighted by molar-refractivity contribution is -0.150. The Labute approximate surface area is 175 Å². The minimum Gasteiger partial charge on any atom is -0.349 e. The topological polar surface area (TPSA) is 40.6 Å². The molecule has 0 aromatic heterocycles. The summed E-state index contributed by atoms with van der Waals surface area (Å²) in [6.07, 6.45) is 5.36. The molecule has 1 aromatic rings. The Morgan fingerprint density at radius 1 is 1.00 bits per heavy atom. The van der Waals surface area contributed by atoms with Crippen LogP contribution in [0.5, 0.6) is 0 Å². The molecule has 0 unspecified atom stereocenters. The Bertz CT molecular complexity index is 807. The van der Waals surface area contributed by atoms with E-state index in [1.165, 1.54) is 11.1 Å². The highest BCUT2D eigenvalue weighted by Crippen LogP contribution is 2.56. The SMILES string of the molecule is CN(C)C(=O)[C@H]1CC[C@@H](C(=O)N2CC[C@@]3(C)c4ccccc4C[C@@H]2C3(C)C)CC1. The van der Waals surface area contributed by atoms with Crippen molar-refractivity contribution < 1.29 is 9.59 Å². The molecule has 4 rings (SSSR count). The molecule has 0 spiro atoms. The van der Waals surface area contributed by atoms with Gasteiger partial charge < -0.3 is 9.80 Å². The lowest BCUT2D eigenvalue weighted by Gasteiger charge is -2.61. The average molecular weight is 397 g/mol. The summed E-state index contributed by atoms with van der Waals surface area (Å²) in [5.74, 6) is 0.727. The largest absolute Gasteiger partial charge is 0.349 e. The molecule has 3 aliphatic rings. The zero-order chi connectivity index (χ0) is 21.0. The van der Waals surface area contributed by atoms with Gasteiger partial charge in [0.05, 0.1) is 0 Å². The molecule has 2 bridgehead atoms. The van der Waals surface area contributed by atoms with Crippen molar-refractivity contribution in [3.8, 4) is 0 Å².